The molecule has 0 unspecified atom stereocenters. The van der Waals surface area contributed by atoms with Gasteiger partial charge in [-0.1, -0.05) is 13.0 Å². The van der Waals surface area contributed by atoms with Crippen molar-refractivity contribution >= 4 is 11.9 Å². The Hall–Kier alpha value is -2.10. The predicted octanol–water partition coefficient (Wildman–Crippen LogP) is 2.67. The topological polar surface area (TPSA) is 74.6 Å². The van der Waals surface area contributed by atoms with E-state index in [1.807, 2.05) is 6.08 Å². The predicted molar refractivity (Wildman–Crippen MR) is 60.8 cm³/mol. The van der Waals surface area contributed by atoms with Gasteiger partial charge in [-0.2, -0.15) is 0 Å². The maximum Gasteiger partial charge on any atom is 0.335 e. The summed E-state index contributed by atoms with van der Waals surface area (Å²) in [5.41, 5.74) is 0.167. The Labute approximate surface area is 93.8 Å². The van der Waals surface area contributed by atoms with Gasteiger partial charge in [0.2, 0.25) is 0 Å². The van der Waals surface area contributed by atoms with Crippen molar-refractivity contribution in [3.05, 3.63) is 48.0 Å². The van der Waals surface area contributed by atoms with Crippen LogP contribution in [0.5, 0.6) is 0 Å². The Morgan fingerprint density at radius 2 is 1.38 bits per heavy atom. The summed E-state index contributed by atoms with van der Waals surface area (Å²) in [6, 6.07) is 5.02. The maximum absolute atomic E-state index is 10.3. The fourth-order valence-electron chi connectivity index (χ4n) is 0.755. The van der Waals surface area contributed by atoms with Crippen molar-refractivity contribution in [3.8, 4) is 0 Å². The van der Waals surface area contributed by atoms with Gasteiger partial charge >= 0.3 is 11.9 Å². The molecule has 0 aliphatic heterocycles. The van der Waals surface area contributed by atoms with Crippen LogP contribution in [0.4, 0.5) is 0 Å². The van der Waals surface area contributed by atoms with Crippen LogP contribution in [0.15, 0.2) is 36.9 Å². The molecule has 0 fully saturated rings. The SMILES string of the molecule is C=CCC.O=C(O)c1ccc(C(=O)O)cc1. The van der Waals surface area contributed by atoms with Crippen LogP contribution in [-0.2, 0) is 0 Å². The maximum atomic E-state index is 10.3. The molecule has 1 aromatic carbocycles. The normalized spacial score (nSPS) is 8.56. The number of benzene rings is 1. The fourth-order valence-corrected chi connectivity index (χ4v) is 0.755. The molecule has 0 heterocycles. The number of rotatable bonds is 3. The van der Waals surface area contributed by atoms with E-state index in [0.29, 0.717) is 0 Å². The minimum absolute atomic E-state index is 0.0833. The van der Waals surface area contributed by atoms with Crippen molar-refractivity contribution in [2.75, 3.05) is 0 Å². The van der Waals surface area contributed by atoms with Gasteiger partial charge in [-0.05, 0) is 30.7 Å². The number of hydrogen-bond acceptors (Lipinski definition) is 2. The number of hydrogen-bond donors (Lipinski definition) is 2. The molecule has 4 heteroatoms. The van der Waals surface area contributed by atoms with E-state index >= 15 is 0 Å². The Bertz CT molecular complexity index is 332. The molecule has 0 amide bonds. The average molecular weight is 222 g/mol. The Kier molecular flexibility index (Phi) is 6.28. The number of allylic oxidation sites excluding steroid dienone is 1. The highest BCUT2D eigenvalue weighted by atomic mass is 16.4. The molecule has 0 radical (unpaired) electrons. The molecule has 0 atom stereocenters. The van der Waals surface area contributed by atoms with Crippen LogP contribution in [0.2, 0.25) is 0 Å². The highest BCUT2D eigenvalue weighted by Crippen LogP contribution is 2.03. The molecule has 1 rings (SSSR count). The standard InChI is InChI=1S/C8H6O4.C4H8/c9-7(10)5-1-2-6(4-3-5)8(11)12;1-3-4-2/h1-4H,(H,9,10)(H,11,12);3H,1,4H2,2H3. The first-order chi connectivity index (χ1) is 7.52. The van der Waals surface area contributed by atoms with Crippen LogP contribution in [0.1, 0.15) is 34.1 Å². The van der Waals surface area contributed by atoms with Crippen molar-refractivity contribution < 1.29 is 19.8 Å². The second-order valence-electron chi connectivity index (χ2n) is 2.88. The number of carbonyl (C=O) groups is 2. The summed E-state index contributed by atoms with van der Waals surface area (Å²) in [6.07, 6.45) is 2.96. The van der Waals surface area contributed by atoms with Gasteiger partial charge in [0, 0.05) is 0 Å². The van der Waals surface area contributed by atoms with Gasteiger partial charge in [0.25, 0.3) is 0 Å². The number of carboxylic acid groups (broad SMARTS) is 2. The third kappa shape index (κ3) is 4.95. The summed E-state index contributed by atoms with van der Waals surface area (Å²) in [5.74, 6) is -2.13. The molecular weight excluding hydrogens is 208 g/mol. The first-order valence-corrected chi connectivity index (χ1v) is 4.70. The second-order valence-corrected chi connectivity index (χ2v) is 2.88. The molecule has 0 aliphatic rings. The van der Waals surface area contributed by atoms with E-state index in [9.17, 15) is 9.59 Å². The van der Waals surface area contributed by atoms with Crippen LogP contribution >= 0.6 is 0 Å². The van der Waals surface area contributed by atoms with Gasteiger partial charge in [-0.25, -0.2) is 9.59 Å². The Morgan fingerprint density at radius 3 is 1.50 bits per heavy atom. The molecule has 86 valence electrons. The van der Waals surface area contributed by atoms with Gasteiger partial charge in [-0.15, -0.1) is 6.58 Å². The molecule has 0 saturated heterocycles. The van der Waals surface area contributed by atoms with Crippen LogP contribution in [-0.4, -0.2) is 22.2 Å². The van der Waals surface area contributed by atoms with Crippen molar-refractivity contribution in [2.45, 2.75) is 13.3 Å². The summed E-state index contributed by atoms with van der Waals surface area (Å²) in [6.45, 7) is 5.54. The van der Waals surface area contributed by atoms with Crippen LogP contribution in [0.3, 0.4) is 0 Å². The largest absolute Gasteiger partial charge is 0.478 e. The first kappa shape index (κ1) is 13.9. The van der Waals surface area contributed by atoms with Gasteiger partial charge in [0.1, 0.15) is 0 Å². The van der Waals surface area contributed by atoms with Gasteiger partial charge in [0.15, 0.2) is 0 Å². The molecule has 0 aromatic heterocycles. The Balaban J connectivity index is 0.000000487. The number of carboxylic acids is 2. The fraction of sp³-hybridized carbons (Fsp3) is 0.167. The highest BCUT2D eigenvalue weighted by molar-refractivity contribution is 5.91. The van der Waals surface area contributed by atoms with Gasteiger partial charge < -0.3 is 10.2 Å². The molecule has 0 aliphatic carbocycles. The van der Waals surface area contributed by atoms with E-state index in [1.54, 1.807) is 0 Å². The minimum Gasteiger partial charge on any atom is -0.478 e. The summed E-state index contributed by atoms with van der Waals surface area (Å²) < 4.78 is 0. The highest BCUT2D eigenvalue weighted by Gasteiger charge is 2.04. The second kappa shape index (κ2) is 7.23. The molecular formula is C12H14O4. The van der Waals surface area contributed by atoms with Crippen LogP contribution in [0, 0.1) is 0 Å². The van der Waals surface area contributed by atoms with Crippen molar-refractivity contribution in [1.29, 1.82) is 0 Å². The molecule has 0 saturated carbocycles. The van der Waals surface area contributed by atoms with E-state index in [2.05, 4.69) is 13.5 Å². The molecule has 0 bridgehead atoms. The lowest BCUT2D eigenvalue weighted by Crippen LogP contribution is -1.99. The summed E-state index contributed by atoms with van der Waals surface area (Å²) in [4.78, 5) is 20.7. The van der Waals surface area contributed by atoms with E-state index in [0.717, 1.165) is 6.42 Å². The quantitative estimate of drug-likeness (QED) is 0.771. The van der Waals surface area contributed by atoms with Crippen molar-refractivity contribution in [2.24, 2.45) is 0 Å². The first-order valence-electron chi connectivity index (χ1n) is 4.70. The monoisotopic (exact) mass is 222 g/mol. The van der Waals surface area contributed by atoms with Crippen molar-refractivity contribution in [1.82, 2.24) is 0 Å². The zero-order valence-corrected chi connectivity index (χ0v) is 9.01. The molecule has 4 nitrogen and oxygen atoms in total. The lowest BCUT2D eigenvalue weighted by molar-refractivity contribution is 0.0681. The van der Waals surface area contributed by atoms with E-state index in [4.69, 9.17) is 10.2 Å². The number of aromatic carboxylic acids is 2. The summed E-state index contributed by atoms with van der Waals surface area (Å²) in [5, 5.41) is 16.9. The zero-order valence-electron chi connectivity index (χ0n) is 9.01. The van der Waals surface area contributed by atoms with Gasteiger partial charge in [0.05, 0.1) is 11.1 Å². The Morgan fingerprint density at radius 1 is 1.12 bits per heavy atom. The third-order valence-corrected chi connectivity index (χ3v) is 1.67. The lowest BCUT2D eigenvalue weighted by atomic mass is 10.1. The van der Waals surface area contributed by atoms with Crippen LogP contribution in [0.25, 0.3) is 0 Å². The lowest BCUT2D eigenvalue weighted by Gasteiger charge is -1.94. The smallest absolute Gasteiger partial charge is 0.335 e. The molecule has 0 spiro atoms. The molecule has 2 N–H and O–H groups in total. The zero-order chi connectivity index (χ0) is 12.6. The van der Waals surface area contributed by atoms with Gasteiger partial charge in [-0.3, -0.25) is 0 Å². The minimum atomic E-state index is -1.06. The van der Waals surface area contributed by atoms with E-state index < -0.39 is 11.9 Å². The summed E-state index contributed by atoms with van der Waals surface area (Å²) >= 11 is 0. The van der Waals surface area contributed by atoms with Crippen LogP contribution < -0.4 is 0 Å². The van der Waals surface area contributed by atoms with E-state index in [1.165, 1.54) is 24.3 Å². The summed E-state index contributed by atoms with van der Waals surface area (Å²) in [7, 11) is 0. The average Bonchev–Trinajstić information content (AvgIpc) is 2.29. The molecule has 16 heavy (non-hydrogen) atoms. The molecule has 1 aromatic rings. The third-order valence-electron chi connectivity index (χ3n) is 1.67. The van der Waals surface area contributed by atoms with Crippen molar-refractivity contribution in [3.63, 3.8) is 0 Å². The van der Waals surface area contributed by atoms with E-state index in [-0.39, 0.29) is 11.1 Å².